The van der Waals surface area contributed by atoms with E-state index in [4.69, 9.17) is 9.73 Å². The molecule has 2 fully saturated rings. The molecule has 1 saturated carbocycles. The van der Waals surface area contributed by atoms with Gasteiger partial charge in [0, 0.05) is 58.5 Å². The SMILES string of the molecule is CCNC(=NCC(C)N1CCN(C)CC1)NCCCOCC1CC1. The first-order chi connectivity index (χ1) is 11.7. The molecule has 6 nitrogen and oxygen atoms in total. The van der Waals surface area contributed by atoms with Crippen molar-refractivity contribution in [1.29, 1.82) is 0 Å². The first-order valence-corrected chi connectivity index (χ1v) is 9.71. The van der Waals surface area contributed by atoms with Gasteiger partial charge in [-0.1, -0.05) is 0 Å². The van der Waals surface area contributed by atoms with Crippen molar-refractivity contribution < 1.29 is 4.74 Å². The van der Waals surface area contributed by atoms with E-state index in [0.29, 0.717) is 6.04 Å². The highest BCUT2D eigenvalue weighted by Crippen LogP contribution is 2.28. The van der Waals surface area contributed by atoms with Crippen molar-refractivity contribution in [1.82, 2.24) is 20.4 Å². The van der Waals surface area contributed by atoms with Gasteiger partial charge in [-0.15, -0.1) is 0 Å². The van der Waals surface area contributed by atoms with Gasteiger partial charge in [0.25, 0.3) is 0 Å². The molecule has 1 atom stereocenters. The average molecular weight is 340 g/mol. The van der Waals surface area contributed by atoms with Crippen LogP contribution in [0.25, 0.3) is 0 Å². The van der Waals surface area contributed by atoms with Crippen LogP contribution in [0, 0.1) is 5.92 Å². The Kier molecular flexibility index (Phi) is 8.84. The van der Waals surface area contributed by atoms with E-state index in [2.05, 4.69) is 41.3 Å². The van der Waals surface area contributed by atoms with E-state index in [0.717, 1.165) is 77.3 Å². The van der Waals surface area contributed by atoms with Crippen LogP contribution in [-0.4, -0.2) is 87.9 Å². The summed E-state index contributed by atoms with van der Waals surface area (Å²) in [5, 5.41) is 6.76. The lowest BCUT2D eigenvalue weighted by Gasteiger charge is -2.35. The number of guanidine groups is 1. The Morgan fingerprint density at radius 3 is 2.62 bits per heavy atom. The van der Waals surface area contributed by atoms with E-state index < -0.39 is 0 Å². The predicted molar refractivity (Wildman–Crippen MR) is 101 cm³/mol. The van der Waals surface area contributed by atoms with Gasteiger partial charge in [0.15, 0.2) is 5.96 Å². The summed E-state index contributed by atoms with van der Waals surface area (Å²) in [4.78, 5) is 9.69. The monoisotopic (exact) mass is 339 g/mol. The molecule has 1 unspecified atom stereocenters. The summed E-state index contributed by atoms with van der Waals surface area (Å²) in [7, 11) is 2.20. The van der Waals surface area contributed by atoms with Crippen LogP contribution < -0.4 is 10.6 Å². The maximum Gasteiger partial charge on any atom is 0.191 e. The molecule has 0 aromatic heterocycles. The molecule has 0 aromatic rings. The van der Waals surface area contributed by atoms with E-state index in [1.54, 1.807) is 0 Å². The van der Waals surface area contributed by atoms with Crippen LogP contribution in [0.15, 0.2) is 4.99 Å². The fraction of sp³-hybridized carbons (Fsp3) is 0.944. The minimum atomic E-state index is 0.496. The highest BCUT2D eigenvalue weighted by atomic mass is 16.5. The van der Waals surface area contributed by atoms with E-state index in [9.17, 15) is 0 Å². The minimum absolute atomic E-state index is 0.496. The molecule has 1 aliphatic heterocycles. The van der Waals surface area contributed by atoms with Crippen LogP contribution >= 0.6 is 0 Å². The van der Waals surface area contributed by atoms with Crippen LogP contribution in [0.4, 0.5) is 0 Å². The molecule has 2 rings (SSSR count). The van der Waals surface area contributed by atoms with Crippen LogP contribution in [0.2, 0.25) is 0 Å². The van der Waals surface area contributed by atoms with Crippen molar-refractivity contribution in [3.8, 4) is 0 Å². The quantitative estimate of drug-likeness (QED) is 0.353. The normalized spacial score (nSPS) is 21.7. The third kappa shape index (κ3) is 7.81. The Balaban J connectivity index is 1.61. The van der Waals surface area contributed by atoms with Gasteiger partial charge in [0.05, 0.1) is 6.54 Å². The lowest BCUT2D eigenvalue weighted by molar-refractivity contribution is 0.121. The Bertz CT molecular complexity index is 364. The summed E-state index contributed by atoms with van der Waals surface area (Å²) < 4.78 is 5.67. The van der Waals surface area contributed by atoms with Crippen molar-refractivity contribution in [3.05, 3.63) is 0 Å². The second-order valence-corrected chi connectivity index (χ2v) is 7.21. The molecular formula is C18H37N5O. The average Bonchev–Trinajstić information content (AvgIpc) is 3.40. The molecule has 1 heterocycles. The highest BCUT2D eigenvalue weighted by molar-refractivity contribution is 5.79. The fourth-order valence-electron chi connectivity index (χ4n) is 2.86. The lowest BCUT2D eigenvalue weighted by Crippen LogP contribution is -2.49. The summed E-state index contributed by atoms with van der Waals surface area (Å²) >= 11 is 0. The minimum Gasteiger partial charge on any atom is -0.381 e. The zero-order valence-corrected chi connectivity index (χ0v) is 15.9. The molecule has 0 spiro atoms. The topological polar surface area (TPSA) is 52.1 Å². The number of nitrogens with one attached hydrogen (secondary N) is 2. The first-order valence-electron chi connectivity index (χ1n) is 9.71. The van der Waals surface area contributed by atoms with Crippen molar-refractivity contribution in [2.45, 2.75) is 39.2 Å². The molecule has 1 aliphatic carbocycles. The van der Waals surface area contributed by atoms with Crippen LogP contribution in [0.5, 0.6) is 0 Å². The van der Waals surface area contributed by atoms with Crippen LogP contribution in [-0.2, 0) is 4.74 Å². The van der Waals surface area contributed by atoms with Crippen LogP contribution in [0.3, 0.4) is 0 Å². The molecule has 2 N–H and O–H groups in total. The Morgan fingerprint density at radius 2 is 1.96 bits per heavy atom. The molecular weight excluding hydrogens is 302 g/mol. The van der Waals surface area contributed by atoms with Gasteiger partial charge in [0.2, 0.25) is 0 Å². The predicted octanol–water partition coefficient (Wildman–Crippen LogP) is 0.994. The van der Waals surface area contributed by atoms with Gasteiger partial charge in [-0.3, -0.25) is 9.89 Å². The number of hydrogen-bond donors (Lipinski definition) is 2. The summed E-state index contributed by atoms with van der Waals surface area (Å²) in [6.45, 7) is 13.5. The fourth-order valence-corrected chi connectivity index (χ4v) is 2.86. The number of ether oxygens (including phenoxy) is 1. The highest BCUT2D eigenvalue weighted by Gasteiger charge is 2.21. The molecule has 6 heteroatoms. The maximum absolute atomic E-state index is 5.67. The van der Waals surface area contributed by atoms with E-state index in [1.807, 2.05) is 0 Å². The van der Waals surface area contributed by atoms with Crippen molar-refractivity contribution in [3.63, 3.8) is 0 Å². The molecule has 1 saturated heterocycles. The summed E-state index contributed by atoms with van der Waals surface area (Å²) in [6, 6.07) is 0.496. The number of aliphatic imine (C=N–C) groups is 1. The zero-order chi connectivity index (χ0) is 17.2. The van der Waals surface area contributed by atoms with Crippen molar-refractivity contribution in [2.24, 2.45) is 10.9 Å². The second-order valence-electron chi connectivity index (χ2n) is 7.21. The number of piperazine rings is 1. The second kappa shape index (κ2) is 10.9. The van der Waals surface area contributed by atoms with E-state index in [1.165, 1.54) is 12.8 Å². The molecule has 2 aliphatic rings. The van der Waals surface area contributed by atoms with Crippen molar-refractivity contribution in [2.75, 3.05) is 66.1 Å². The molecule has 24 heavy (non-hydrogen) atoms. The zero-order valence-electron chi connectivity index (χ0n) is 15.9. The Morgan fingerprint density at radius 1 is 1.21 bits per heavy atom. The summed E-state index contributed by atoms with van der Waals surface area (Å²) in [5.74, 6) is 1.79. The number of nitrogens with zero attached hydrogens (tertiary/aromatic N) is 3. The van der Waals surface area contributed by atoms with E-state index in [-0.39, 0.29) is 0 Å². The standard InChI is InChI=1S/C18H37N5O/c1-4-19-18(20-8-5-13-24-15-17-6-7-17)21-14-16(2)23-11-9-22(3)10-12-23/h16-17H,4-15H2,1-3H3,(H2,19,20,21). The van der Waals surface area contributed by atoms with Gasteiger partial charge in [0.1, 0.15) is 0 Å². The Labute approximate surface area is 148 Å². The third-order valence-electron chi connectivity index (χ3n) is 4.83. The molecule has 0 bridgehead atoms. The van der Waals surface area contributed by atoms with Gasteiger partial charge in [-0.05, 0) is 46.1 Å². The van der Waals surface area contributed by atoms with Gasteiger partial charge < -0.3 is 20.3 Å². The maximum atomic E-state index is 5.67. The number of hydrogen-bond acceptors (Lipinski definition) is 4. The van der Waals surface area contributed by atoms with Gasteiger partial charge in [-0.25, -0.2) is 0 Å². The van der Waals surface area contributed by atoms with E-state index >= 15 is 0 Å². The Hall–Kier alpha value is -0.850. The van der Waals surface area contributed by atoms with Crippen LogP contribution in [0.1, 0.15) is 33.1 Å². The van der Waals surface area contributed by atoms with Gasteiger partial charge in [-0.2, -0.15) is 0 Å². The first kappa shape index (κ1) is 19.5. The molecule has 0 aromatic carbocycles. The number of likely N-dealkylation sites (N-methyl/N-ethyl adjacent to an activating group) is 1. The summed E-state index contributed by atoms with van der Waals surface area (Å²) in [6.07, 6.45) is 3.76. The molecule has 0 amide bonds. The summed E-state index contributed by atoms with van der Waals surface area (Å²) in [5.41, 5.74) is 0. The van der Waals surface area contributed by atoms with Crippen molar-refractivity contribution >= 4 is 5.96 Å². The van der Waals surface area contributed by atoms with Gasteiger partial charge >= 0.3 is 0 Å². The largest absolute Gasteiger partial charge is 0.381 e. The smallest absolute Gasteiger partial charge is 0.191 e. The molecule has 140 valence electrons. The third-order valence-corrected chi connectivity index (χ3v) is 4.83. The lowest BCUT2D eigenvalue weighted by atomic mass is 10.2. The molecule has 0 radical (unpaired) electrons. The number of rotatable bonds is 10.